The highest BCUT2D eigenvalue weighted by Gasteiger charge is 2.15. The van der Waals surface area contributed by atoms with Crippen LogP contribution in [0.15, 0.2) is 16.5 Å². The van der Waals surface area contributed by atoms with Gasteiger partial charge < -0.3 is 9.73 Å². The van der Waals surface area contributed by atoms with Gasteiger partial charge in [0.1, 0.15) is 0 Å². The van der Waals surface area contributed by atoms with Crippen LogP contribution >= 0.6 is 0 Å². The summed E-state index contributed by atoms with van der Waals surface area (Å²) in [4.78, 5) is 0. The fourth-order valence-corrected chi connectivity index (χ4v) is 1.35. The molecule has 1 aromatic heterocycles. The molecule has 0 saturated carbocycles. The molecule has 1 heterocycles. The topological polar surface area (TPSA) is 51.0 Å². The number of rotatable bonds is 4. The second-order valence-corrected chi connectivity index (χ2v) is 3.54. The Hall–Kier alpha value is -1.89. The molecule has 96 valence electrons. The van der Waals surface area contributed by atoms with Crippen molar-refractivity contribution in [3.05, 3.63) is 35.5 Å². The summed E-state index contributed by atoms with van der Waals surface area (Å²) in [5, 5.41) is 10.3. The first kappa shape index (κ1) is 12.6. The molecule has 0 bridgehead atoms. The van der Waals surface area contributed by atoms with Crippen LogP contribution in [0.25, 0.3) is 11.5 Å². The van der Waals surface area contributed by atoms with Crippen molar-refractivity contribution in [1.29, 1.82) is 0 Å². The van der Waals surface area contributed by atoms with Crippen molar-refractivity contribution < 1.29 is 17.6 Å². The highest BCUT2D eigenvalue weighted by Crippen LogP contribution is 2.22. The molecule has 18 heavy (non-hydrogen) atoms. The maximum absolute atomic E-state index is 13.0. The minimum Gasteiger partial charge on any atom is -0.419 e. The Morgan fingerprint density at radius 3 is 2.44 bits per heavy atom. The molecule has 0 atom stereocenters. The van der Waals surface area contributed by atoms with E-state index in [0.29, 0.717) is 6.54 Å². The molecule has 7 heteroatoms. The molecule has 1 N–H and O–H groups in total. The molecule has 4 nitrogen and oxygen atoms in total. The smallest absolute Gasteiger partial charge is 0.248 e. The molecule has 0 aliphatic rings. The predicted octanol–water partition coefficient (Wildman–Crippen LogP) is 2.26. The van der Waals surface area contributed by atoms with E-state index in [9.17, 15) is 13.2 Å². The van der Waals surface area contributed by atoms with E-state index in [1.54, 1.807) is 0 Å². The van der Waals surface area contributed by atoms with Crippen LogP contribution < -0.4 is 5.32 Å². The summed E-state index contributed by atoms with van der Waals surface area (Å²) >= 11 is 0. The second kappa shape index (κ2) is 5.18. The van der Waals surface area contributed by atoms with Gasteiger partial charge in [-0.15, -0.1) is 10.2 Å². The standard InChI is InChI=1S/C11H10F3N3O/c1-2-15-5-9-16-17-11(18-9)6-3-7(12)10(14)8(13)4-6/h3-4,15H,2,5H2,1H3. The van der Waals surface area contributed by atoms with Crippen LogP contribution in [0, 0.1) is 17.5 Å². The lowest BCUT2D eigenvalue weighted by Gasteiger charge is -1.98. The summed E-state index contributed by atoms with van der Waals surface area (Å²) in [6.07, 6.45) is 0. The quantitative estimate of drug-likeness (QED) is 0.853. The number of hydrogen-bond donors (Lipinski definition) is 1. The van der Waals surface area contributed by atoms with E-state index in [2.05, 4.69) is 15.5 Å². The predicted molar refractivity (Wildman–Crippen MR) is 57.0 cm³/mol. The molecule has 2 rings (SSSR count). The first-order chi connectivity index (χ1) is 8.61. The van der Waals surface area contributed by atoms with Crippen molar-refractivity contribution in [2.24, 2.45) is 0 Å². The zero-order chi connectivity index (χ0) is 13.1. The van der Waals surface area contributed by atoms with E-state index in [1.165, 1.54) is 0 Å². The summed E-state index contributed by atoms with van der Waals surface area (Å²) in [6, 6.07) is 1.62. The summed E-state index contributed by atoms with van der Waals surface area (Å²) in [7, 11) is 0. The van der Waals surface area contributed by atoms with Gasteiger partial charge in [-0.3, -0.25) is 0 Å². The largest absolute Gasteiger partial charge is 0.419 e. The van der Waals surface area contributed by atoms with E-state index in [0.717, 1.165) is 18.7 Å². The van der Waals surface area contributed by atoms with Gasteiger partial charge in [-0.1, -0.05) is 6.92 Å². The fraction of sp³-hybridized carbons (Fsp3) is 0.273. The van der Waals surface area contributed by atoms with Crippen molar-refractivity contribution in [2.75, 3.05) is 6.54 Å². The van der Waals surface area contributed by atoms with Gasteiger partial charge >= 0.3 is 0 Å². The Kier molecular flexibility index (Phi) is 3.61. The first-order valence-electron chi connectivity index (χ1n) is 5.29. The minimum atomic E-state index is -1.52. The average Bonchev–Trinajstić information content (AvgIpc) is 2.81. The molecular weight excluding hydrogens is 247 g/mol. The van der Waals surface area contributed by atoms with Crippen molar-refractivity contribution in [3.8, 4) is 11.5 Å². The maximum Gasteiger partial charge on any atom is 0.248 e. The zero-order valence-electron chi connectivity index (χ0n) is 9.51. The molecule has 1 aromatic carbocycles. The summed E-state index contributed by atoms with van der Waals surface area (Å²) in [5.41, 5.74) is 0.00153. The molecule has 0 saturated heterocycles. The Morgan fingerprint density at radius 1 is 1.17 bits per heavy atom. The van der Waals surface area contributed by atoms with Gasteiger partial charge in [-0.2, -0.15) is 0 Å². The number of hydrogen-bond acceptors (Lipinski definition) is 4. The monoisotopic (exact) mass is 257 g/mol. The van der Waals surface area contributed by atoms with Gasteiger partial charge in [0.2, 0.25) is 11.8 Å². The summed E-state index contributed by atoms with van der Waals surface area (Å²) in [6.45, 7) is 2.98. The zero-order valence-corrected chi connectivity index (χ0v) is 9.51. The van der Waals surface area contributed by atoms with Gasteiger partial charge in [-0.25, -0.2) is 13.2 Å². The van der Waals surface area contributed by atoms with Gasteiger partial charge in [0.05, 0.1) is 6.54 Å². The third-order valence-electron chi connectivity index (χ3n) is 2.22. The Bertz CT molecular complexity index is 533. The van der Waals surface area contributed by atoms with Crippen molar-refractivity contribution in [1.82, 2.24) is 15.5 Å². The number of aromatic nitrogens is 2. The number of halogens is 3. The summed E-state index contributed by atoms with van der Waals surface area (Å²) < 4.78 is 44.0. The lowest BCUT2D eigenvalue weighted by atomic mass is 10.2. The van der Waals surface area contributed by atoms with Crippen LogP contribution in [-0.4, -0.2) is 16.7 Å². The molecule has 0 fully saturated rings. The van der Waals surface area contributed by atoms with Gasteiger partial charge in [-0.05, 0) is 18.7 Å². The normalized spacial score (nSPS) is 10.9. The molecule has 0 aliphatic carbocycles. The molecule has 0 unspecified atom stereocenters. The van der Waals surface area contributed by atoms with Crippen LogP contribution in [0.4, 0.5) is 13.2 Å². The van der Waals surface area contributed by atoms with Crippen LogP contribution in [0.5, 0.6) is 0 Å². The molecule has 0 spiro atoms. The second-order valence-electron chi connectivity index (χ2n) is 3.54. The highest BCUT2D eigenvalue weighted by atomic mass is 19.2. The molecule has 2 aromatic rings. The van der Waals surface area contributed by atoms with E-state index < -0.39 is 17.5 Å². The first-order valence-corrected chi connectivity index (χ1v) is 5.29. The Labute approximate surface area is 101 Å². The number of benzene rings is 1. The molecular formula is C11H10F3N3O. The average molecular weight is 257 g/mol. The summed E-state index contributed by atoms with van der Waals surface area (Å²) in [5.74, 6) is -3.88. The molecule has 0 amide bonds. The Morgan fingerprint density at radius 2 is 1.83 bits per heavy atom. The van der Waals surface area contributed by atoms with E-state index >= 15 is 0 Å². The highest BCUT2D eigenvalue weighted by molar-refractivity contribution is 5.52. The molecule has 0 radical (unpaired) electrons. The fourth-order valence-electron chi connectivity index (χ4n) is 1.35. The third kappa shape index (κ3) is 2.51. The number of nitrogens with zero attached hydrogens (tertiary/aromatic N) is 2. The van der Waals surface area contributed by atoms with Crippen LogP contribution in [0.2, 0.25) is 0 Å². The van der Waals surface area contributed by atoms with E-state index in [4.69, 9.17) is 4.42 Å². The minimum absolute atomic E-state index is 0.00153. The van der Waals surface area contributed by atoms with E-state index in [-0.39, 0.29) is 17.3 Å². The third-order valence-corrected chi connectivity index (χ3v) is 2.22. The van der Waals surface area contributed by atoms with Crippen molar-refractivity contribution in [2.45, 2.75) is 13.5 Å². The van der Waals surface area contributed by atoms with Crippen LogP contribution in [0.3, 0.4) is 0 Å². The lowest BCUT2D eigenvalue weighted by Crippen LogP contribution is -2.11. The van der Waals surface area contributed by atoms with Crippen molar-refractivity contribution >= 4 is 0 Å². The van der Waals surface area contributed by atoms with Crippen LogP contribution in [-0.2, 0) is 6.54 Å². The van der Waals surface area contributed by atoms with Gasteiger partial charge in [0, 0.05) is 5.56 Å². The van der Waals surface area contributed by atoms with E-state index in [1.807, 2.05) is 6.92 Å². The number of nitrogens with one attached hydrogen (secondary N) is 1. The molecule has 0 aliphatic heterocycles. The Balaban J connectivity index is 2.28. The van der Waals surface area contributed by atoms with Gasteiger partial charge in [0.15, 0.2) is 17.5 Å². The lowest BCUT2D eigenvalue weighted by molar-refractivity contribution is 0.445. The van der Waals surface area contributed by atoms with Gasteiger partial charge in [0.25, 0.3) is 0 Å². The van der Waals surface area contributed by atoms with Crippen LogP contribution in [0.1, 0.15) is 12.8 Å². The van der Waals surface area contributed by atoms with Crippen molar-refractivity contribution in [3.63, 3.8) is 0 Å². The maximum atomic E-state index is 13.0. The SMILES string of the molecule is CCNCc1nnc(-c2cc(F)c(F)c(F)c2)o1.